The van der Waals surface area contributed by atoms with Crippen molar-refractivity contribution in [2.24, 2.45) is 0 Å². The second-order valence-electron chi connectivity index (χ2n) is 12.7. The second kappa shape index (κ2) is 35.8. The quantitative estimate of drug-likeness (QED) is 0.0300. The first-order valence-electron chi connectivity index (χ1n) is 19.3. The van der Waals surface area contributed by atoms with Crippen LogP contribution in [0.4, 0.5) is 0 Å². The van der Waals surface area contributed by atoms with Gasteiger partial charge in [-0.05, 0) is 51.4 Å². The number of phosphoric ester groups is 1. The van der Waals surface area contributed by atoms with E-state index in [0.29, 0.717) is 6.42 Å². The molecule has 49 heavy (non-hydrogen) atoms. The Bertz CT molecular complexity index is 943. The molecule has 284 valence electrons. The maximum Gasteiger partial charge on any atom is 0.472 e. The number of allylic oxidation sites excluding steroid dienone is 8. The molecule has 0 heterocycles. The fraction of sp³-hybridized carbons (Fsp3) is 0.750. The van der Waals surface area contributed by atoms with Gasteiger partial charge in [0, 0.05) is 20.0 Å². The summed E-state index contributed by atoms with van der Waals surface area (Å²) in [6.07, 6.45) is 41.6. The molecule has 0 aromatic carbocycles. The molecule has 0 spiro atoms. The molecule has 9 heteroatoms. The molecule has 0 aromatic heterocycles. The Labute approximate surface area is 299 Å². The van der Waals surface area contributed by atoms with E-state index in [2.05, 4.69) is 67.0 Å². The SMILES string of the molecule is CC/C=C\C/C=C\C/C=C\C/C=C\CCCCCCC(=O)OC(COC(=O)CCCCCCCCCCCCCCC)COP(=O)(O)OC. The lowest BCUT2D eigenvalue weighted by Gasteiger charge is -2.19. The average Bonchev–Trinajstić information content (AvgIpc) is 3.09. The highest BCUT2D eigenvalue weighted by atomic mass is 31.2. The number of esters is 2. The zero-order valence-electron chi connectivity index (χ0n) is 31.3. The van der Waals surface area contributed by atoms with E-state index in [0.717, 1.165) is 77.7 Å². The lowest BCUT2D eigenvalue weighted by Crippen LogP contribution is -2.29. The van der Waals surface area contributed by atoms with Gasteiger partial charge in [0.05, 0.1) is 6.61 Å². The van der Waals surface area contributed by atoms with Gasteiger partial charge >= 0.3 is 19.8 Å². The molecule has 2 unspecified atom stereocenters. The van der Waals surface area contributed by atoms with Crippen molar-refractivity contribution < 1.29 is 37.6 Å². The molecular weight excluding hydrogens is 639 g/mol. The van der Waals surface area contributed by atoms with Gasteiger partial charge in [-0.2, -0.15) is 0 Å². The van der Waals surface area contributed by atoms with E-state index in [1.807, 2.05) is 0 Å². The van der Waals surface area contributed by atoms with Gasteiger partial charge in [-0.15, -0.1) is 0 Å². The van der Waals surface area contributed by atoms with Crippen molar-refractivity contribution in [3.63, 3.8) is 0 Å². The van der Waals surface area contributed by atoms with E-state index in [1.165, 1.54) is 64.2 Å². The molecule has 0 saturated carbocycles. The van der Waals surface area contributed by atoms with Gasteiger partial charge in [0.2, 0.25) is 0 Å². The van der Waals surface area contributed by atoms with Crippen LogP contribution < -0.4 is 0 Å². The minimum absolute atomic E-state index is 0.217. The number of rotatable bonds is 35. The summed E-state index contributed by atoms with van der Waals surface area (Å²) in [5.41, 5.74) is 0. The fourth-order valence-electron chi connectivity index (χ4n) is 5.12. The normalized spacial score (nSPS) is 14.0. The van der Waals surface area contributed by atoms with Crippen LogP contribution in [0.5, 0.6) is 0 Å². The van der Waals surface area contributed by atoms with E-state index >= 15 is 0 Å². The summed E-state index contributed by atoms with van der Waals surface area (Å²) in [5, 5.41) is 0. The maximum absolute atomic E-state index is 12.5. The first-order chi connectivity index (χ1) is 23.8. The minimum Gasteiger partial charge on any atom is -0.462 e. The fourth-order valence-corrected chi connectivity index (χ4v) is 5.58. The Morgan fingerprint density at radius 2 is 1.04 bits per heavy atom. The highest BCUT2D eigenvalue weighted by Crippen LogP contribution is 2.42. The molecule has 0 rings (SSSR count). The van der Waals surface area contributed by atoms with E-state index in [4.69, 9.17) is 14.0 Å². The molecular formula is C40H71O8P. The standard InChI is InChI=1S/C40H71O8P/c1-4-6-8-10-12-14-16-18-19-20-21-23-25-27-29-31-33-35-40(42)48-38(37-47-49(43,44)45-3)36-46-39(41)34-32-30-28-26-24-22-17-15-13-11-9-7-5-2/h6,8,12,14,18-19,21,23,38H,4-5,7,9-11,13,15-17,20,22,24-37H2,1-3H3,(H,43,44)/b8-6-,14-12-,19-18-,23-21-. The summed E-state index contributed by atoms with van der Waals surface area (Å²) in [5.74, 6) is -0.832. The van der Waals surface area contributed by atoms with Crippen LogP contribution >= 0.6 is 7.82 Å². The van der Waals surface area contributed by atoms with E-state index in [1.54, 1.807) is 0 Å². The van der Waals surface area contributed by atoms with Crippen molar-refractivity contribution in [2.75, 3.05) is 20.3 Å². The Morgan fingerprint density at radius 3 is 1.55 bits per heavy atom. The lowest BCUT2D eigenvalue weighted by atomic mass is 10.0. The van der Waals surface area contributed by atoms with Crippen LogP contribution in [0.2, 0.25) is 0 Å². The Morgan fingerprint density at radius 1 is 0.592 bits per heavy atom. The number of hydrogen-bond donors (Lipinski definition) is 1. The molecule has 1 N–H and O–H groups in total. The molecule has 8 nitrogen and oxygen atoms in total. The number of ether oxygens (including phenoxy) is 2. The number of carbonyl (C=O) groups excluding carboxylic acids is 2. The van der Waals surface area contributed by atoms with Gasteiger partial charge in [-0.3, -0.25) is 18.6 Å². The largest absolute Gasteiger partial charge is 0.472 e. The number of phosphoric acid groups is 1. The van der Waals surface area contributed by atoms with Crippen LogP contribution in [-0.2, 0) is 32.7 Å². The third-order valence-electron chi connectivity index (χ3n) is 8.09. The summed E-state index contributed by atoms with van der Waals surface area (Å²) in [6, 6.07) is 0. The summed E-state index contributed by atoms with van der Waals surface area (Å²) in [6.45, 7) is 3.74. The van der Waals surface area contributed by atoms with Gasteiger partial charge in [0.25, 0.3) is 0 Å². The molecule has 0 amide bonds. The molecule has 0 fully saturated rings. The van der Waals surface area contributed by atoms with Crippen molar-refractivity contribution >= 4 is 19.8 Å². The number of hydrogen-bond acceptors (Lipinski definition) is 7. The van der Waals surface area contributed by atoms with Gasteiger partial charge in [0.1, 0.15) is 6.61 Å². The van der Waals surface area contributed by atoms with E-state index in [9.17, 15) is 19.0 Å². The maximum atomic E-state index is 12.5. The topological polar surface area (TPSA) is 108 Å². The van der Waals surface area contributed by atoms with Crippen molar-refractivity contribution in [2.45, 2.75) is 174 Å². The molecule has 0 aliphatic carbocycles. The molecule has 0 aliphatic heterocycles. The molecule has 0 saturated heterocycles. The Balaban J connectivity index is 4.10. The summed E-state index contributed by atoms with van der Waals surface area (Å²) >= 11 is 0. The van der Waals surface area contributed by atoms with Crippen LogP contribution in [0.15, 0.2) is 48.6 Å². The molecule has 2 atom stereocenters. The Kier molecular flexibility index (Phi) is 34.4. The first-order valence-corrected chi connectivity index (χ1v) is 20.8. The van der Waals surface area contributed by atoms with Crippen molar-refractivity contribution in [1.29, 1.82) is 0 Å². The van der Waals surface area contributed by atoms with Gasteiger partial charge in [-0.25, -0.2) is 4.57 Å². The van der Waals surface area contributed by atoms with Crippen LogP contribution in [0, 0.1) is 0 Å². The molecule has 0 aromatic rings. The second-order valence-corrected chi connectivity index (χ2v) is 14.2. The third-order valence-corrected chi connectivity index (χ3v) is 9.02. The Hall–Kier alpha value is -1.99. The van der Waals surface area contributed by atoms with E-state index < -0.39 is 26.5 Å². The minimum atomic E-state index is -4.26. The highest BCUT2D eigenvalue weighted by Gasteiger charge is 2.24. The van der Waals surface area contributed by atoms with Gasteiger partial charge < -0.3 is 14.4 Å². The van der Waals surface area contributed by atoms with Crippen LogP contribution in [0.25, 0.3) is 0 Å². The van der Waals surface area contributed by atoms with Crippen molar-refractivity contribution in [3.05, 3.63) is 48.6 Å². The lowest BCUT2D eigenvalue weighted by molar-refractivity contribution is -0.161. The summed E-state index contributed by atoms with van der Waals surface area (Å²) < 4.78 is 31.9. The van der Waals surface area contributed by atoms with Crippen LogP contribution in [-0.4, -0.2) is 43.3 Å². The van der Waals surface area contributed by atoms with Crippen LogP contribution in [0.3, 0.4) is 0 Å². The van der Waals surface area contributed by atoms with Gasteiger partial charge in [-0.1, -0.05) is 152 Å². The van der Waals surface area contributed by atoms with E-state index in [-0.39, 0.29) is 25.4 Å². The van der Waals surface area contributed by atoms with Gasteiger partial charge in [0.15, 0.2) is 6.10 Å². The highest BCUT2D eigenvalue weighted by molar-refractivity contribution is 7.47. The zero-order valence-corrected chi connectivity index (χ0v) is 32.2. The smallest absolute Gasteiger partial charge is 0.462 e. The molecule has 0 radical (unpaired) electrons. The van der Waals surface area contributed by atoms with Crippen molar-refractivity contribution in [1.82, 2.24) is 0 Å². The molecule has 0 bridgehead atoms. The number of carbonyl (C=O) groups is 2. The van der Waals surface area contributed by atoms with Crippen molar-refractivity contribution in [3.8, 4) is 0 Å². The first kappa shape index (κ1) is 47.0. The average molecular weight is 711 g/mol. The summed E-state index contributed by atoms with van der Waals surface area (Å²) in [7, 11) is -3.21. The third kappa shape index (κ3) is 35.6. The monoisotopic (exact) mass is 710 g/mol. The predicted molar refractivity (Wildman–Crippen MR) is 202 cm³/mol. The number of unbranched alkanes of at least 4 members (excludes halogenated alkanes) is 16. The zero-order chi connectivity index (χ0) is 36.1. The molecule has 0 aliphatic rings. The van der Waals surface area contributed by atoms with Crippen LogP contribution in [0.1, 0.15) is 168 Å². The summed E-state index contributed by atoms with van der Waals surface area (Å²) in [4.78, 5) is 34.3. The predicted octanol–water partition coefficient (Wildman–Crippen LogP) is 11.8.